The van der Waals surface area contributed by atoms with E-state index in [1.54, 1.807) is 13.2 Å². The maximum atomic E-state index is 12.4. The predicted octanol–water partition coefficient (Wildman–Crippen LogP) is 2.98. The number of aryl methyl sites for hydroxylation is 1. The van der Waals surface area contributed by atoms with Crippen LogP contribution in [0.2, 0.25) is 0 Å². The molecule has 2 aromatic rings. The summed E-state index contributed by atoms with van der Waals surface area (Å²) < 4.78 is 5.25. The van der Waals surface area contributed by atoms with Crippen LogP contribution in [-0.2, 0) is 12.8 Å². The summed E-state index contributed by atoms with van der Waals surface area (Å²) in [5.74, 6) is 0.558. The lowest BCUT2D eigenvalue weighted by Crippen LogP contribution is -2.38. The van der Waals surface area contributed by atoms with Gasteiger partial charge < -0.3 is 10.1 Å². The first-order chi connectivity index (χ1) is 10.3. The number of carbonyl (C=O) groups excluding carboxylic acids is 1. The lowest BCUT2D eigenvalue weighted by atomic mass is 9.88. The molecule has 0 fully saturated rings. The Bertz CT molecular complexity index is 651. The molecule has 0 spiro atoms. The minimum atomic E-state index is -0.0585. The number of hydrogen-bond donors (Lipinski definition) is 1. The Hall–Kier alpha value is -2.29. The van der Waals surface area contributed by atoms with E-state index < -0.39 is 0 Å². The van der Waals surface area contributed by atoms with Crippen LogP contribution in [0.5, 0.6) is 5.75 Å². The Labute approximate surface area is 124 Å². The molecule has 1 aliphatic rings. The Balaban J connectivity index is 1.72. The molecule has 0 aromatic heterocycles. The molecule has 2 aromatic carbocycles. The van der Waals surface area contributed by atoms with Gasteiger partial charge in [0.1, 0.15) is 5.75 Å². The summed E-state index contributed by atoms with van der Waals surface area (Å²) in [5, 5.41) is 3.13. The monoisotopic (exact) mass is 281 g/mol. The van der Waals surface area contributed by atoms with Gasteiger partial charge in [0.2, 0.25) is 0 Å². The second kappa shape index (κ2) is 6.00. The van der Waals surface area contributed by atoms with Crippen LogP contribution in [0, 0.1) is 0 Å². The maximum absolute atomic E-state index is 12.4. The number of fused-ring (bicyclic) bond motifs is 1. The highest BCUT2D eigenvalue weighted by atomic mass is 16.5. The number of carbonyl (C=O) groups is 1. The summed E-state index contributed by atoms with van der Waals surface area (Å²) in [6.45, 7) is 0. The van der Waals surface area contributed by atoms with Crippen LogP contribution in [0.25, 0.3) is 0 Å². The first-order valence-corrected chi connectivity index (χ1v) is 7.28. The van der Waals surface area contributed by atoms with Crippen LogP contribution in [0.15, 0.2) is 48.5 Å². The molecular weight excluding hydrogens is 262 g/mol. The molecule has 1 atom stereocenters. The Morgan fingerprint density at radius 1 is 1.10 bits per heavy atom. The fourth-order valence-corrected chi connectivity index (χ4v) is 2.92. The molecule has 0 aliphatic heterocycles. The van der Waals surface area contributed by atoms with Crippen molar-refractivity contribution in [1.82, 2.24) is 5.32 Å². The second-order valence-electron chi connectivity index (χ2n) is 5.38. The second-order valence-corrected chi connectivity index (χ2v) is 5.38. The summed E-state index contributed by atoms with van der Waals surface area (Å²) in [4.78, 5) is 12.4. The van der Waals surface area contributed by atoms with E-state index in [9.17, 15) is 4.79 Å². The van der Waals surface area contributed by atoms with Crippen molar-refractivity contribution in [3.8, 4) is 5.75 Å². The van der Waals surface area contributed by atoms with E-state index in [2.05, 4.69) is 29.6 Å². The molecule has 1 unspecified atom stereocenters. The molecule has 1 aliphatic carbocycles. The topological polar surface area (TPSA) is 38.3 Å². The SMILES string of the molecule is COc1ccccc1C(=O)NC1CCc2ccccc2C1. The minimum Gasteiger partial charge on any atom is -0.496 e. The number of ether oxygens (including phenoxy) is 1. The molecule has 21 heavy (non-hydrogen) atoms. The number of nitrogens with one attached hydrogen (secondary N) is 1. The summed E-state index contributed by atoms with van der Waals surface area (Å²) in [5.41, 5.74) is 3.34. The third-order valence-corrected chi connectivity index (χ3v) is 4.03. The zero-order chi connectivity index (χ0) is 14.7. The highest BCUT2D eigenvalue weighted by Gasteiger charge is 2.21. The number of para-hydroxylation sites is 1. The average molecular weight is 281 g/mol. The van der Waals surface area contributed by atoms with E-state index >= 15 is 0 Å². The van der Waals surface area contributed by atoms with E-state index in [0.29, 0.717) is 11.3 Å². The highest BCUT2D eigenvalue weighted by molar-refractivity contribution is 5.97. The zero-order valence-corrected chi connectivity index (χ0v) is 12.1. The third-order valence-electron chi connectivity index (χ3n) is 4.03. The predicted molar refractivity (Wildman–Crippen MR) is 82.7 cm³/mol. The van der Waals surface area contributed by atoms with Gasteiger partial charge >= 0.3 is 0 Å². The van der Waals surface area contributed by atoms with Crippen molar-refractivity contribution in [2.45, 2.75) is 25.3 Å². The van der Waals surface area contributed by atoms with Crippen molar-refractivity contribution >= 4 is 5.91 Å². The van der Waals surface area contributed by atoms with Gasteiger partial charge in [0.25, 0.3) is 5.91 Å². The number of methoxy groups -OCH3 is 1. The van der Waals surface area contributed by atoms with Crippen LogP contribution < -0.4 is 10.1 Å². The molecule has 0 heterocycles. The van der Waals surface area contributed by atoms with E-state index in [4.69, 9.17) is 4.74 Å². The van der Waals surface area contributed by atoms with Crippen LogP contribution >= 0.6 is 0 Å². The third kappa shape index (κ3) is 2.92. The standard InChI is InChI=1S/C18H19NO2/c1-21-17-9-5-4-8-16(17)18(20)19-15-11-10-13-6-2-3-7-14(13)12-15/h2-9,15H,10-12H2,1H3,(H,19,20). The van der Waals surface area contributed by atoms with E-state index in [1.807, 2.05) is 18.2 Å². The molecule has 0 saturated carbocycles. The normalized spacial score (nSPS) is 16.9. The van der Waals surface area contributed by atoms with E-state index in [1.165, 1.54) is 11.1 Å². The van der Waals surface area contributed by atoms with E-state index in [0.717, 1.165) is 19.3 Å². The summed E-state index contributed by atoms with van der Waals surface area (Å²) in [6.07, 6.45) is 2.90. The molecule has 108 valence electrons. The average Bonchev–Trinajstić information content (AvgIpc) is 2.54. The Morgan fingerprint density at radius 3 is 2.62 bits per heavy atom. The van der Waals surface area contributed by atoms with Crippen molar-refractivity contribution in [3.63, 3.8) is 0 Å². The van der Waals surface area contributed by atoms with Crippen molar-refractivity contribution in [1.29, 1.82) is 0 Å². The van der Waals surface area contributed by atoms with Crippen molar-refractivity contribution in [3.05, 3.63) is 65.2 Å². The highest BCUT2D eigenvalue weighted by Crippen LogP contribution is 2.22. The van der Waals surface area contributed by atoms with Crippen LogP contribution in [0.4, 0.5) is 0 Å². The van der Waals surface area contributed by atoms with Crippen LogP contribution in [-0.4, -0.2) is 19.1 Å². The number of amides is 1. The van der Waals surface area contributed by atoms with Gasteiger partial charge in [-0.3, -0.25) is 4.79 Å². The van der Waals surface area contributed by atoms with Crippen LogP contribution in [0.3, 0.4) is 0 Å². The molecule has 1 N–H and O–H groups in total. The zero-order valence-electron chi connectivity index (χ0n) is 12.1. The molecule has 0 radical (unpaired) electrons. The molecule has 3 nitrogen and oxygen atoms in total. The number of hydrogen-bond acceptors (Lipinski definition) is 2. The Morgan fingerprint density at radius 2 is 1.81 bits per heavy atom. The molecular formula is C18H19NO2. The molecule has 1 amide bonds. The number of benzene rings is 2. The largest absolute Gasteiger partial charge is 0.496 e. The van der Waals surface area contributed by atoms with Gasteiger partial charge in [0.05, 0.1) is 12.7 Å². The Kier molecular flexibility index (Phi) is 3.91. The molecule has 0 bridgehead atoms. The fraction of sp³-hybridized carbons (Fsp3) is 0.278. The molecule has 0 saturated heterocycles. The quantitative estimate of drug-likeness (QED) is 0.939. The first kappa shape index (κ1) is 13.7. The lowest BCUT2D eigenvalue weighted by molar-refractivity contribution is 0.0930. The van der Waals surface area contributed by atoms with Crippen LogP contribution in [0.1, 0.15) is 27.9 Å². The fourth-order valence-electron chi connectivity index (χ4n) is 2.92. The molecule has 3 heteroatoms. The van der Waals surface area contributed by atoms with Crippen molar-refractivity contribution in [2.75, 3.05) is 7.11 Å². The summed E-state index contributed by atoms with van der Waals surface area (Å²) in [7, 11) is 1.59. The van der Waals surface area contributed by atoms with E-state index in [-0.39, 0.29) is 11.9 Å². The van der Waals surface area contributed by atoms with Gasteiger partial charge in [-0.15, -0.1) is 0 Å². The summed E-state index contributed by atoms with van der Waals surface area (Å²) in [6, 6.07) is 16.0. The van der Waals surface area contributed by atoms with Gasteiger partial charge in [0, 0.05) is 6.04 Å². The minimum absolute atomic E-state index is 0.0585. The first-order valence-electron chi connectivity index (χ1n) is 7.28. The summed E-state index contributed by atoms with van der Waals surface area (Å²) >= 11 is 0. The van der Waals surface area contributed by atoms with Gasteiger partial charge in [-0.1, -0.05) is 36.4 Å². The van der Waals surface area contributed by atoms with Gasteiger partial charge in [-0.05, 0) is 42.5 Å². The van der Waals surface area contributed by atoms with Gasteiger partial charge in [-0.2, -0.15) is 0 Å². The van der Waals surface area contributed by atoms with Crippen molar-refractivity contribution < 1.29 is 9.53 Å². The maximum Gasteiger partial charge on any atom is 0.255 e. The number of rotatable bonds is 3. The smallest absolute Gasteiger partial charge is 0.255 e. The van der Waals surface area contributed by atoms with Gasteiger partial charge in [0.15, 0.2) is 0 Å². The lowest BCUT2D eigenvalue weighted by Gasteiger charge is -2.25. The molecule has 3 rings (SSSR count). The van der Waals surface area contributed by atoms with Gasteiger partial charge in [-0.25, -0.2) is 0 Å². The van der Waals surface area contributed by atoms with Crippen molar-refractivity contribution in [2.24, 2.45) is 0 Å².